The van der Waals surface area contributed by atoms with Crippen molar-refractivity contribution in [2.24, 2.45) is 0 Å². The number of anilines is 1. The third-order valence-electron chi connectivity index (χ3n) is 4.06. The van der Waals surface area contributed by atoms with E-state index in [-0.39, 0.29) is 24.5 Å². The van der Waals surface area contributed by atoms with Crippen molar-refractivity contribution in [3.05, 3.63) is 58.6 Å². The van der Waals surface area contributed by atoms with Gasteiger partial charge < -0.3 is 19.3 Å². The van der Waals surface area contributed by atoms with Gasteiger partial charge in [-0.05, 0) is 37.3 Å². The van der Waals surface area contributed by atoms with Crippen molar-refractivity contribution in [2.75, 3.05) is 24.3 Å². The Labute approximate surface area is 189 Å². The van der Waals surface area contributed by atoms with Crippen LogP contribution in [0.15, 0.2) is 53.0 Å². The first kappa shape index (κ1) is 24.0. The van der Waals surface area contributed by atoms with Crippen molar-refractivity contribution < 1.29 is 28.9 Å². The molecule has 0 saturated carbocycles. The number of phenols is 1. The number of carbonyl (C=O) groups excluding carboxylic acids is 2. The van der Waals surface area contributed by atoms with Crippen LogP contribution in [-0.2, 0) is 19.0 Å². The fourth-order valence-corrected chi connectivity index (χ4v) is 3.22. The van der Waals surface area contributed by atoms with Crippen molar-refractivity contribution in [1.82, 2.24) is 0 Å². The van der Waals surface area contributed by atoms with Gasteiger partial charge in [0.05, 0.1) is 12.4 Å². The summed E-state index contributed by atoms with van der Waals surface area (Å²) in [6, 6.07) is 13.7. The van der Waals surface area contributed by atoms with E-state index < -0.39 is 24.3 Å². The fraction of sp³-hybridized carbons (Fsp3) is 0.333. The maximum absolute atomic E-state index is 12.6. The monoisotopic (exact) mass is 497 g/mol. The summed E-state index contributed by atoms with van der Waals surface area (Å²) in [4.78, 5) is 23.9. The van der Waals surface area contributed by atoms with E-state index in [4.69, 9.17) is 14.2 Å². The largest absolute Gasteiger partial charge is 0.508 e. The number of rotatable bonds is 10. The summed E-state index contributed by atoms with van der Waals surface area (Å²) in [6.07, 6.45) is -2.06. The number of hydrogen-bond acceptors (Lipinski definition) is 7. The lowest BCUT2D eigenvalue weighted by Gasteiger charge is -2.28. The van der Waals surface area contributed by atoms with Crippen LogP contribution in [0.1, 0.15) is 25.0 Å². The second-order valence-corrected chi connectivity index (χ2v) is 7.41. The molecule has 30 heavy (non-hydrogen) atoms. The molecule has 0 saturated heterocycles. The third-order valence-corrected chi connectivity index (χ3v) is 4.81. The number of ether oxygens (including phenoxy) is 3. The van der Waals surface area contributed by atoms with Crippen LogP contribution in [-0.4, -0.2) is 42.2 Å². The average Bonchev–Trinajstić information content (AvgIpc) is 2.74. The lowest BCUT2D eigenvalue weighted by molar-refractivity contribution is -0.142. The highest BCUT2D eigenvalue weighted by Crippen LogP contribution is 2.34. The molecule has 1 amide bonds. The number of nitrogens with one attached hydrogen (secondary N) is 1. The second kappa shape index (κ2) is 12.5. The van der Waals surface area contributed by atoms with Crippen LogP contribution in [0.3, 0.4) is 0 Å². The number of para-hydroxylation sites is 1. The van der Waals surface area contributed by atoms with Crippen molar-refractivity contribution in [1.29, 1.82) is 0 Å². The number of benzene rings is 2. The number of hydrogen-bond donors (Lipinski definition) is 3. The van der Waals surface area contributed by atoms with Gasteiger partial charge in [-0.2, -0.15) is 12.6 Å². The highest BCUT2D eigenvalue weighted by Gasteiger charge is 2.30. The summed E-state index contributed by atoms with van der Waals surface area (Å²) in [6.45, 7) is 2.19. The van der Waals surface area contributed by atoms with E-state index in [0.29, 0.717) is 22.3 Å². The maximum atomic E-state index is 12.6. The van der Waals surface area contributed by atoms with Crippen LogP contribution in [0.2, 0.25) is 0 Å². The number of carbonyl (C=O) groups is 2. The molecule has 2 atom stereocenters. The molecule has 7 nitrogen and oxygen atoms in total. The van der Waals surface area contributed by atoms with Gasteiger partial charge >= 0.3 is 12.1 Å². The minimum atomic E-state index is -0.944. The van der Waals surface area contributed by atoms with E-state index in [2.05, 4.69) is 33.9 Å². The first-order valence-corrected chi connectivity index (χ1v) is 10.8. The predicted octanol–water partition coefficient (Wildman–Crippen LogP) is 4.71. The number of thiol groups is 1. The van der Waals surface area contributed by atoms with Crippen LogP contribution in [0.5, 0.6) is 5.75 Å². The topological polar surface area (TPSA) is 94.1 Å². The minimum absolute atomic E-state index is 0.0366. The van der Waals surface area contributed by atoms with E-state index in [1.807, 2.05) is 6.07 Å². The Hall–Kier alpha value is -2.23. The molecule has 0 unspecified atom stereocenters. The van der Waals surface area contributed by atoms with Gasteiger partial charge in [0, 0.05) is 28.8 Å². The van der Waals surface area contributed by atoms with Crippen LogP contribution in [0.4, 0.5) is 10.5 Å². The molecule has 2 N–H and O–H groups in total. The molecule has 2 aromatic rings. The number of aromatic hydroxyl groups is 1. The molecule has 2 rings (SSSR count). The van der Waals surface area contributed by atoms with Crippen molar-refractivity contribution in [3.8, 4) is 5.75 Å². The quantitative estimate of drug-likeness (QED) is 0.325. The van der Waals surface area contributed by atoms with Gasteiger partial charge in [0.15, 0.2) is 6.10 Å². The Morgan fingerprint density at radius 3 is 2.60 bits per heavy atom. The number of phenolic OH excluding ortho intramolecular Hbond substituents is 1. The Morgan fingerprint density at radius 1 is 1.20 bits per heavy atom. The minimum Gasteiger partial charge on any atom is -0.508 e. The van der Waals surface area contributed by atoms with Gasteiger partial charge in [-0.15, -0.1) is 0 Å². The van der Waals surface area contributed by atoms with Crippen molar-refractivity contribution >= 4 is 46.3 Å². The first-order valence-electron chi connectivity index (χ1n) is 9.33. The lowest BCUT2D eigenvalue weighted by atomic mass is 10.0. The Kier molecular flexibility index (Phi) is 9.99. The molecule has 0 aliphatic rings. The molecule has 0 heterocycles. The van der Waals surface area contributed by atoms with Crippen molar-refractivity contribution in [2.45, 2.75) is 25.6 Å². The van der Waals surface area contributed by atoms with Crippen LogP contribution in [0.25, 0.3) is 0 Å². The molecule has 9 heteroatoms. The van der Waals surface area contributed by atoms with E-state index in [0.717, 1.165) is 0 Å². The summed E-state index contributed by atoms with van der Waals surface area (Å²) < 4.78 is 17.2. The molecule has 0 spiro atoms. The highest BCUT2D eigenvalue weighted by molar-refractivity contribution is 9.10. The molecule has 0 aliphatic heterocycles. The molecule has 0 aromatic heterocycles. The fourth-order valence-electron chi connectivity index (χ4n) is 2.75. The summed E-state index contributed by atoms with van der Waals surface area (Å²) in [7, 11) is 0. The Morgan fingerprint density at radius 2 is 1.93 bits per heavy atom. The Balaban J connectivity index is 2.24. The van der Waals surface area contributed by atoms with Gasteiger partial charge in [-0.25, -0.2) is 4.79 Å². The van der Waals surface area contributed by atoms with E-state index >= 15 is 0 Å². The van der Waals surface area contributed by atoms with E-state index in [9.17, 15) is 14.7 Å². The van der Waals surface area contributed by atoms with E-state index in [1.165, 1.54) is 6.07 Å². The molecule has 162 valence electrons. The van der Waals surface area contributed by atoms with Gasteiger partial charge in [0.25, 0.3) is 0 Å². The number of amides is 1. The summed E-state index contributed by atoms with van der Waals surface area (Å²) in [5.41, 5.74) is 0.932. The molecular weight excluding hydrogens is 474 g/mol. The van der Waals surface area contributed by atoms with Crippen LogP contribution >= 0.6 is 28.6 Å². The summed E-state index contributed by atoms with van der Waals surface area (Å²) in [5, 5.41) is 13.0. The maximum Gasteiger partial charge on any atom is 0.412 e. The normalized spacial score (nSPS) is 12.6. The molecular formula is C21H24BrNO6S. The van der Waals surface area contributed by atoms with Gasteiger partial charge in [-0.3, -0.25) is 10.1 Å². The van der Waals surface area contributed by atoms with E-state index in [1.54, 1.807) is 43.3 Å². The average molecular weight is 498 g/mol. The Bertz CT molecular complexity index is 836. The SMILES string of the molecule is CCO[C@@H](CCOC(=O)CS)[C@@H](OC(=O)Nc1ccccc1)c1cc(Br)ccc1O. The van der Waals surface area contributed by atoms with Crippen LogP contribution in [0, 0.1) is 0 Å². The zero-order chi connectivity index (χ0) is 21.9. The highest BCUT2D eigenvalue weighted by atomic mass is 79.9. The zero-order valence-electron chi connectivity index (χ0n) is 16.4. The predicted molar refractivity (Wildman–Crippen MR) is 120 cm³/mol. The van der Waals surface area contributed by atoms with Crippen molar-refractivity contribution in [3.63, 3.8) is 0 Å². The molecule has 0 bridgehead atoms. The molecule has 0 aliphatic carbocycles. The first-order chi connectivity index (χ1) is 14.4. The number of halogens is 1. The molecule has 0 fully saturated rings. The molecule has 2 aromatic carbocycles. The summed E-state index contributed by atoms with van der Waals surface area (Å²) >= 11 is 7.24. The third kappa shape index (κ3) is 7.55. The van der Waals surface area contributed by atoms with Gasteiger partial charge in [0.1, 0.15) is 11.9 Å². The standard InChI is InChI=1S/C21H24BrNO6S/c1-2-27-18(10-11-28-19(25)13-30)20(16-12-14(22)8-9-17(16)24)29-21(26)23-15-6-4-3-5-7-15/h3-9,12,18,20,24,30H,2,10-11,13H2,1H3,(H,23,26)/t18-,20-/m0/s1. The summed E-state index contributed by atoms with van der Waals surface area (Å²) in [5.74, 6) is -0.545. The smallest absolute Gasteiger partial charge is 0.412 e. The second-order valence-electron chi connectivity index (χ2n) is 6.18. The van der Waals surface area contributed by atoms with Gasteiger partial charge in [-0.1, -0.05) is 34.1 Å². The molecule has 0 radical (unpaired) electrons. The number of esters is 1. The van der Waals surface area contributed by atoms with Gasteiger partial charge in [0.2, 0.25) is 0 Å². The zero-order valence-corrected chi connectivity index (χ0v) is 18.9. The lowest BCUT2D eigenvalue weighted by Crippen LogP contribution is -2.30. The van der Waals surface area contributed by atoms with Crippen LogP contribution < -0.4 is 5.32 Å².